The zero-order chi connectivity index (χ0) is 47.6. The first kappa shape index (κ1) is 45.6. The highest BCUT2D eigenvalue weighted by atomic mass is 16.5. The molecule has 4 heterocycles. The number of fused-ring (bicyclic) bond motifs is 3. The lowest BCUT2D eigenvalue weighted by Gasteiger charge is -2.31. The summed E-state index contributed by atoms with van der Waals surface area (Å²) < 4.78 is 9.71. The van der Waals surface area contributed by atoms with E-state index in [2.05, 4.69) is 75.7 Å². The number of aromatic nitrogens is 4. The van der Waals surface area contributed by atoms with Gasteiger partial charge in [0.1, 0.15) is 23.7 Å². The quantitative estimate of drug-likeness (QED) is 0.0905. The van der Waals surface area contributed by atoms with Gasteiger partial charge in [-0.3, -0.25) is 9.59 Å². The third kappa shape index (κ3) is 8.31. The van der Waals surface area contributed by atoms with E-state index in [0.717, 1.165) is 84.4 Å². The Kier molecular flexibility index (Phi) is 12.1. The zero-order valence-corrected chi connectivity index (χ0v) is 40.3. The molecule has 10 rings (SSSR count). The SMILES string of the molecule is C=C/C=C(\C1=C(Cc2ccc3nc([C@H]4CC5CC5N4C(=O)[C@@H](NC(=O)OC)C(C)C)[nH]c3c2)CCC12CCCC2)c1ccc(-c2cnc([C@@H]3CC4CC4N3C(=O)[C@@H](NC(=O)OC)C(C)C)[nH]2)cc1. The van der Waals surface area contributed by atoms with Crippen molar-refractivity contribution in [1.29, 1.82) is 0 Å². The van der Waals surface area contributed by atoms with Crippen LogP contribution < -0.4 is 10.6 Å². The maximum atomic E-state index is 14.1. The lowest BCUT2D eigenvalue weighted by molar-refractivity contribution is -0.137. The van der Waals surface area contributed by atoms with Gasteiger partial charge in [0.25, 0.3) is 0 Å². The van der Waals surface area contributed by atoms with Gasteiger partial charge >= 0.3 is 12.2 Å². The van der Waals surface area contributed by atoms with E-state index in [-0.39, 0.29) is 53.2 Å². The number of hydrogen-bond acceptors (Lipinski definition) is 8. The van der Waals surface area contributed by atoms with Crippen molar-refractivity contribution < 1.29 is 28.7 Å². The van der Waals surface area contributed by atoms with E-state index >= 15 is 0 Å². The van der Waals surface area contributed by atoms with Gasteiger partial charge < -0.3 is 39.9 Å². The predicted octanol–water partition coefficient (Wildman–Crippen LogP) is 9.50. The fraction of sp³-hybridized carbons (Fsp3) is 0.519. The summed E-state index contributed by atoms with van der Waals surface area (Å²) >= 11 is 0. The van der Waals surface area contributed by atoms with Gasteiger partial charge in [-0.25, -0.2) is 19.6 Å². The molecule has 2 saturated heterocycles. The predicted molar refractivity (Wildman–Crippen MR) is 260 cm³/mol. The number of methoxy groups -OCH3 is 2. The molecule has 14 heteroatoms. The molecule has 14 nitrogen and oxygen atoms in total. The van der Waals surface area contributed by atoms with Gasteiger partial charge in [-0.1, -0.05) is 95.2 Å². The van der Waals surface area contributed by atoms with Crippen molar-refractivity contribution in [3.63, 3.8) is 0 Å². The van der Waals surface area contributed by atoms with Crippen molar-refractivity contribution in [2.45, 2.75) is 135 Å². The van der Waals surface area contributed by atoms with Gasteiger partial charge in [0.05, 0.1) is 49.2 Å². The average molecular weight is 923 g/mol. The number of piperidine rings is 2. The maximum absolute atomic E-state index is 14.1. The molecule has 4 aromatic rings. The molecule has 6 aliphatic rings. The van der Waals surface area contributed by atoms with E-state index in [1.54, 1.807) is 0 Å². The van der Waals surface area contributed by atoms with E-state index < -0.39 is 24.3 Å². The highest BCUT2D eigenvalue weighted by molar-refractivity contribution is 5.89. The van der Waals surface area contributed by atoms with Crippen molar-refractivity contribution in [2.75, 3.05) is 14.2 Å². The number of carbonyl (C=O) groups excluding carboxylic acids is 4. The number of benzene rings is 2. The number of nitrogens with zero attached hydrogens (tertiary/aromatic N) is 4. The Hall–Kier alpha value is -6.18. The molecular formula is C54H66N8O6. The van der Waals surface area contributed by atoms with Crippen molar-refractivity contribution >= 4 is 40.6 Å². The molecule has 0 radical (unpaired) electrons. The van der Waals surface area contributed by atoms with Crippen LogP contribution in [0.1, 0.15) is 127 Å². The largest absolute Gasteiger partial charge is 0.453 e. The number of rotatable bonds is 14. The molecule has 2 aliphatic heterocycles. The number of likely N-dealkylation sites (tertiary alicyclic amines) is 2. The number of amides is 4. The first-order valence-corrected chi connectivity index (χ1v) is 24.8. The molecule has 4 amide bonds. The molecule has 8 atom stereocenters. The Morgan fingerprint density at radius 1 is 0.809 bits per heavy atom. The van der Waals surface area contributed by atoms with Crippen molar-refractivity contribution in [3.8, 4) is 11.3 Å². The van der Waals surface area contributed by atoms with Crippen molar-refractivity contribution in [2.24, 2.45) is 29.1 Å². The van der Waals surface area contributed by atoms with Gasteiger partial charge in [0.2, 0.25) is 11.8 Å². The number of allylic oxidation sites excluding steroid dienone is 5. The second kappa shape index (κ2) is 18.0. The van der Waals surface area contributed by atoms with Crippen LogP contribution in [0.2, 0.25) is 0 Å². The number of nitrogens with one attached hydrogen (secondary N) is 4. The minimum atomic E-state index is -0.682. The average Bonchev–Trinajstić information content (AvgIpc) is 3.76. The standard InChI is InChI=1S/C54H66N8O6/c1-8-11-37(32-13-15-33(16-14-32)40-28-55-48(58-40)43-26-35-24-41(35)61(43)50(63)46(29(2)3)59-52(65)67-6)45-34(18-21-54(45)19-9-10-20-54)22-31-12-17-38-39(23-31)57-49(56-38)44-27-36-25-42(36)62(44)51(64)47(30(4)5)60-53(66)68-7/h8,11-17,23,28-30,35-36,41-44,46-47H,1,9-10,18-22,24-27H2,2-7H3,(H,55,58)(H,56,57)(H,59,65)(H,60,66)/b37-11-/t35?,36?,41?,42?,43-,44+,46-,47-/m0/s1. The molecule has 1 spiro atoms. The normalized spacial score (nSPS) is 25.5. The second-order valence-electron chi connectivity index (χ2n) is 21.0. The van der Waals surface area contributed by atoms with E-state index in [1.807, 2.05) is 49.8 Å². The number of alkyl carbamates (subject to hydrolysis) is 2. The number of H-pyrrole nitrogens is 2. The Balaban J connectivity index is 0.893. The number of carbonyl (C=O) groups is 4. The molecule has 4 unspecified atom stereocenters. The first-order valence-electron chi connectivity index (χ1n) is 24.8. The second-order valence-corrected chi connectivity index (χ2v) is 21.0. The Morgan fingerprint density at radius 2 is 1.41 bits per heavy atom. The van der Waals surface area contributed by atoms with Crippen LogP contribution in [-0.4, -0.2) is 92.1 Å². The smallest absolute Gasteiger partial charge is 0.407 e. The lowest BCUT2D eigenvalue weighted by atomic mass is 9.74. The Labute approximate surface area is 398 Å². The summed E-state index contributed by atoms with van der Waals surface area (Å²) in [5, 5.41) is 5.55. The first-order chi connectivity index (χ1) is 32.8. The van der Waals surface area contributed by atoms with Crippen molar-refractivity contribution in [3.05, 3.63) is 101 Å². The summed E-state index contributed by atoms with van der Waals surface area (Å²) in [5.74, 6) is 2.08. The van der Waals surface area contributed by atoms with Gasteiger partial charge in [-0.15, -0.1) is 0 Å². The Morgan fingerprint density at radius 3 is 1.99 bits per heavy atom. The van der Waals surface area contributed by atoms with E-state index in [1.165, 1.54) is 62.2 Å². The van der Waals surface area contributed by atoms with Crippen LogP contribution in [-0.2, 0) is 25.5 Å². The summed E-state index contributed by atoms with van der Waals surface area (Å²) in [6, 6.07) is 13.9. The summed E-state index contributed by atoms with van der Waals surface area (Å²) in [6.07, 6.45) is 16.3. The molecule has 358 valence electrons. The summed E-state index contributed by atoms with van der Waals surface area (Å²) in [5.41, 5.74) is 10.5. The zero-order valence-electron chi connectivity index (χ0n) is 40.3. The van der Waals surface area contributed by atoms with E-state index in [9.17, 15) is 19.2 Å². The number of aromatic amines is 2. The van der Waals surface area contributed by atoms with Gasteiger partial charge in [-0.2, -0.15) is 0 Å². The molecule has 4 aliphatic carbocycles. The summed E-state index contributed by atoms with van der Waals surface area (Å²) in [6.45, 7) is 11.9. The maximum Gasteiger partial charge on any atom is 0.407 e. The van der Waals surface area contributed by atoms with E-state index in [0.29, 0.717) is 11.8 Å². The van der Waals surface area contributed by atoms with Crippen molar-refractivity contribution in [1.82, 2.24) is 40.4 Å². The minimum absolute atomic E-state index is 0.0820. The van der Waals surface area contributed by atoms with Crippen LogP contribution in [0.4, 0.5) is 9.59 Å². The highest BCUT2D eigenvalue weighted by Gasteiger charge is 2.57. The van der Waals surface area contributed by atoms with Crippen LogP contribution in [0.3, 0.4) is 0 Å². The molecule has 2 aromatic carbocycles. The van der Waals surface area contributed by atoms with Gasteiger partial charge in [0.15, 0.2) is 0 Å². The third-order valence-electron chi connectivity index (χ3n) is 16.1. The Bertz CT molecular complexity index is 2690. The van der Waals surface area contributed by atoms with Crippen LogP contribution >= 0.6 is 0 Å². The van der Waals surface area contributed by atoms with Gasteiger partial charge in [0, 0.05) is 12.1 Å². The molecule has 3 saturated carbocycles. The minimum Gasteiger partial charge on any atom is -0.453 e. The monoisotopic (exact) mass is 923 g/mol. The molecule has 4 N–H and O–H groups in total. The third-order valence-corrected chi connectivity index (χ3v) is 16.1. The van der Waals surface area contributed by atoms with Crippen LogP contribution in [0.15, 0.2) is 78.5 Å². The van der Waals surface area contributed by atoms with Crippen LogP contribution in [0, 0.1) is 29.1 Å². The fourth-order valence-corrected chi connectivity index (χ4v) is 12.5. The summed E-state index contributed by atoms with van der Waals surface area (Å²) in [7, 11) is 2.63. The molecule has 2 aromatic heterocycles. The topological polar surface area (TPSA) is 175 Å². The van der Waals surface area contributed by atoms with Crippen LogP contribution in [0.5, 0.6) is 0 Å². The fourth-order valence-electron chi connectivity index (χ4n) is 12.5. The summed E-state index contributed by atoms with van der Waals surface area (Å²) in [4.78, 5) is 73.5. The number of ether oxygens (including phenoxy) is 2. The highest BCUT2D eigenvalue weighted by Crippen LogP contribution is 2.59. The molecular weight excluding hydrogens is 857 g/mol. The van der Waals surface area contributed by atoms with Gasteiger partial charge in [-0.05, 0) is 127 Å². The van der Waals surface area contributed by atoms with E-state index in [4.69, 9.17) is 19.4 Å². The number of hydrogen-bond donors (Lipinski definition) is 4. The molecule has 0 bridgehead atoms. The van der Waals surface area contributed by atoms with Crippen LogP contribution in [0.25, 0.3) is 27.9 Å². The molecule has 5 fully saturated rings. The lowest BCUT2D eigenvalue weighted by Crippen LogP contribution is -2.52. The molecule has 68 heavy (non-hydrogen) atoms. The number of imidazole rings is 2.